The average Bonchev–Trinajstić information content (AvgIpc) is 3.00. The summed E-state index contributed by atoms with van der Waals surface area (Å²) in [5.74, 6) is 1.20. The molecule has 4 heteroatoms. The van der Waals surface area contributed by atoms with Crippen molar-refractivity contribution < 1.29 is 5.11 Å². The van der Waals surface area contributed by atoms with E-state index in [1.54, 1.807) is 12.1 Å². The third kappa shape index (κ3) is 3.06. The molecule has 0 saturated heterocycles. The summed E-state index contributed by atoms with van der Waals surface area (Å²) in [5, 5.41) is 13.1. The fraction of sp³-hybridized carbons (Fsp3) is 0.0952. The number of hydrogen-bond donors (Lipinski definition) is 2. The van der Waals surface area contributed by atoms with Gasteiger partial charge in [0.2, 0.25) is 0 Å². The number of aromatic hydroxyl groups is 1. The monoisotopic (exact) mass is 329 g/mol. The van der Waals surface area contributed by atoms with Crippen molar-refractivity contribution >= 4 is 11.5 Å². The summed E-state index contributed by atoms with van der Waals surface area (Å²) < 4.78 is 2.05. The highest BCUT2D eigenvalue weighted by atomic mass is 16.3. The van der Waals surface area contributed by atoms with Crippen LogP contribution in [0.4, 0.5) is 5.82 Å². The molecule has 0 spiro atoms. The first-order valence-electron chi connectivity index (χ1n) is 8.26. The maximum atomic E-state index is 9.55. The minimum Gasteiger partial charge on any atom is -0.508 e. The maximum Gasteiger partial charge on any atom is 0.139 e. The van der Waals surface area contributed by atoms with Crippen molar-refractivity contribution in [1.29, 1.82) is 0 Å². The summed E-state index contributed by atoms with van der Waals surface area (Å²) in [5.41, 5.74) is 5.19. The predicted molar refractivity (Wildman–Crippen MR) is 101 cm³/mol. The van der Waals surface area contributed by atoms with Crippen LogP contribution in [0.15, 0.2) is 72.9 Å². The van der Waals surface area contributed by atoms with Crippen LogP contribution in [0.2, 0.25) is 0 Å². The summed E-state index contributed by atoms with van der Waals surface area (Å²) in [6.45, 7) is 2.80. The summed E-state index contributed by atoms with van der Waals surface area (Å²) in [4.78, 5) is 4.76. The second-order valence-electron chi connectivity index (χ2n) is 6.12. The lowest BCUT2D eigenvalue weighted by Crippen LogP contribution is -2.03. The molecule has 0 saturated carbocycles. The molecule has 2 aromatic carbocycles. The average molecular weight is 329 g/mol. The SMILES string of the molecule is Cc1ccc(CNc2c(-c3ccc(O)cc3)nc3ccccn23)cc1. The first-order valence-corrected chi connectivity index (χ1v) is 8.26. The fourth-order valence-electron chi connectivity index (χ4n) is 2.88. The van der Waals surface area contributed by atoms with Crippen LogP contribution in [0.5, 0.6) is 5.75 Å². The number of nitrogens with one attached hydrogen (secondary N) is 1. The maximum absolute atomic E-state index is 9.55. The second kappa shape index (κ2) is 6.32. The van der Waals surface area contributed by atoms with E-state index in [9.17, 15) is 5.11 Å². The van der Waals surface area contributed by atoms with Gasteiger partial charge in [-0.15, -0.1) is 0 Å². The van der Waals surface area contributed by atoms with Gasteiger partial charge >= 0.3 is 0 Å². The largest absolute Gasteiger partial charge is 0.508 e. The highest BCUT2D eigenvalue weighted by Crippen LogP contribution is 2.30. The molecule has 4 aromatic rings. The van der Waals surface area contributed by atoms with Gasteiger partial charge in [0.25, 0.3) is 0 Å². The van der Waals surface area contributed by atoms with Gasteiger partial charge in [-0.05, 0) is 48.9 Å². The normalized spacial score (nSPS) is 10.9. The third-order valence-electron chi connectivity index (χ3n) is 4.25. The van der Waals surface area contributed by atoms with Gasteiger partial charge in [0.15, 0.2) is 0 Å². The van der Waals surface area contributed by atoms with Crippen molar-refractivity contribution in [2.75, 3.05) is 5.32 Å². The quantitative estimate of drug-likeness (QED) is 0.574. The standard InChI is InChI=1S/C21H19N3O/c1-15-5-7-16(8-6-15)14-22-21-20(17-9-11-18(25)12-10-17)23-19-4-2-3-13-24(19)21/h2-13,22,25H,14H2,1H3. The van der Waals surface area contributed by atoms with E-state index in [-0.39, 0.29) is 5.75 Å². The van der Waals surface area contributed by atoms with Crippen molar-refractivity contribution in [2.45, 2.75) is 13.5 Å². The number of benzene rings is 2. The highest BCUT2D eigenvalue weighted by molar-refractivity contribution is 5.76. The van der Waals surface area contributed by atoms with E-state index in [1.807, 2.05) is 36.5 Å². The number of pyridine rings is 1. The molecule has 0 unspecified atom stereocenters. The van der Waals surface area contributed by atoms with Gasteiger partial charge in [-0.3, -0.25) is 4.40 Å². The van der Waals surface area contributed by atoms with Gasteiger partial charge in [-0.25, -0.2) is 4.98 Å². The Kier molecular flexibility index (Phi) is 3.86. The van der Waals surface area contributed by atoms with E-state index in [1.165, 1.54) is 11.1 Å². The first-order chi connectivity index (χ1) is 12.2. The van der Waals surface area contributed by atoms with Crippen LogP contribution < -0.4 is 5.32 Å². The molecule has 0 fully saturated rings. The number of anilines is 1. The van der Waals surface area contributed by atoms with Crippen molar-refractivity contribution in [3.05, 3.63) is 84.1 Å². The van der Waals surface area contributed by atoms with Crippen LogP contribution in [0, 0.1) is 6.92 Å². The molecule has 25 heavy (non-hydrogen) atoms. The van der Waals surface area contributed by atoms with Gasteiger partial charge in [0, 0.05) is 18.3 Å². The first kappa shape index (κ1) is 15.3. The smallest absolute Gasteiger partial charge is 0.139 e. The lowest BCUT2D eigenvalue weighted by Gasteiger charge is -2.09. The van der Waals surface area contributed by atoms with Gasteiger partial charge in [-0.2, -0.15) is 0 Å². The summed E-state index contributed by atoms with van der Waals surface area (Å²) in [6, 6.07) is 21.6. The Morgan fingerprint density at radius 2 is 1.72 bits per heavy atom. The van der Waals surface area contributed by atoms with Crippen molar-refractivity contribution in [1.82, 2.24) is 9.38 Å². The van der Waals surface area contributed by atoms with Gasteiger partial charge in [-0.1, -0.05) is 35.9 Å². The molecule has 0 radical (unpaired) electrons. The van der Waals surface area contributed by atoms with Crippen molar-refractivity contribution in [2.24, 2.45) is 0 Å². The molecule has 124 valence electrons. The van der Waals surface area contributed by atoms with E-state index in [0.29, 0.717) is 6.54 Å². The number of phenolic OH excluding ortho intramolecular Hbond substituents is 1. The van der Waals surface area contributed by atoms with Gasteiger partial charge in [0.05, 0.1) is 0 Å². The zero-order valence-electron chi connectivity index (χ0n) is 14.0. The van der Waals surface area contributed by atoms with E-state index in [2.05, 4.69) is 40.9 Å². The minimum absolute atomic E-state index is 0.252. The molecule has 0 amide bonds. The van der Waals surface area contributed by atoms with Gasteiger partial charge < -0.3 is 10.4 Å². The lowest BCUT2D eigenvalue weighted by atomic mass is 10.1. The Morgan fingerprint density at radius 3 is 2.48 bits per heavy atom. The number of aromatic nitrogens is 2. The molecule has 0 aliphatic carbocycles. The lowest BCUT2D eigenvalue weighted by molar-refractivity contribution is 0.475. The Labute approximate surface area is 146 Å². The van der Waals surface area contributed by atoms with Crippen molar-refractivity contribution in [3.63, 3.8) is 0 Å². The summed E-state index contributed by atoms with van der Waals surface area (Å²) in [7, 11) is 0. The summed E-state index contributed by atoms with van der Waals surface area (Å²) in [6.07, 6.45) is 2.00. The van der Waals surface area contributed by atoms with E-state index in [4.69, 9.17) is 4.98 Å². The Hall–Kier alpha value is -3.27. The fourth-order valence-corrected chi connectivity index (χ4v) is 2.88. The molecule has 2 aromatic heterocycles. The number of phenols is 1. The van der Waals surface area contributed by atoms with Crippen LogP contribution in [0.1, 0.15) is 11.1 Å². The molecular formula is C21H19N3O. The van der Waals surface area contributed by atoms with Crippen LogP contribution >= 0.6 is 0 Å². The zero-order chi connectivity index (χ0) is 17.2. The molecule has 4 nitrogen and oxygen atoms in total. The zero-order valence-corrected chi connectivity index (χ0v) is 14.0. The minimum atomic E-state index is 0.252. The van der Waals surface area contributed by atoms with E-state index in [0.717, 1.165) is 22.7 Å². The van der Waals surface area contributed by atoms with Gasteiger partial charge in [0.1, 0.15) is 22.9 Å². The molecule has 0 bridgehead atoms. The molecule has 4 rings (SSSR count). The molecule has 2 N–H and O–H groups in total. The molecule has 0 atom stereocenters. The number of nitrogens with zero attached hydrogens (tertiary/aromatic N) is 2. The number of rotatable bonds is 4. The summed E-state index contributed by atoms with van der Waals surface area (Å²) >= 11 is 0. The van der Waals surface area contributed by atoms with E-state index < -0.39 is 0 Å². The molecular weight excluding hydrogens is 310 g/mol. The number of hydrogen-bond acceptors (Lipinski definition) is 3. The molecule has 0 aliphatic heterocycles. The Morgan fingerprint density at radius 1 is 0.960 bits per heavy atom. The Balaban J connectivity index is 1.73. The number of fused-ring (bicyclic) bond motifs is 1. The molecule has 0 aliphatic rings. The third-order valence-corrected chi connectivity index (χ3v) is 4.25. The van der Waals surface area contributed by atoms with Crippen molar-refractivity contribution in [3.8, 4) is 17.0 Å². The molecule has 2 heterocycles. The van der Waals surface area contributed by atoms with Crippen LogP contribution in [-0.4, -0.2) is 14.5 Å². The number of imidazole rings is 1. The van der Waals surface area contributed by atoms with Crippen LogP contribution in [0.3, 0.4) is 0 Å². The predicted octanol–water partition coefficient (Wildman–Crippen LogP) is 4.63. The number of aryl methyl sites for hydroxylation is 1. The Bertz CT molecular complexity index is 1000. The van der Waals surface area contributed by atoms with Crippen LogP contribution in [0.25, 0.3) is 16.9 Å². The van der Waals surface area contributed by atoms with Crippen LogP contribution in [-0.2, 0) is 6.54 Å². The second-order valence-corrected chi connectivity index (χ2v) is 6.12. The topological polar surface area (TPSA) is 49.6 Å². The van der Waals surface area contributed by atoms with E-state index >= 15 is 0 Å². The highest BCUT2D eigenvalue weighted by Gasteiger charge is 2.13.